The maximum absolute atomic E-state index is 5.61. The average molecular weight is 263 g/mol. The molecule has 0 spiro atoms. The minimum absolute atomic E-state index is 0.584. The number of thiophene rings is 1. The number of halogens is 1. The van der Waals surface area contributed by atoms with Crippen LogP contribution in [0.25, 0.3) is 0 Å². The highest BCUT2D eigenvalue weighted by atomic mass is 79.9. The number of nitrogens with two attached hydrogens (primary N) is 1. The van der Waals surface area contributed by atoms with Crippen molar-refractivity contribution in [3.63, 3.8) is 0 Å². The Kier molecular flexibility index (Phi) is 4.77. The van der Waals surface area contributed by atoms with E-state index in [1.165, 1.54) is 5.00 Å². The van der Waals surface area contributed by atoms with Crippen LogP contribution in [0.5, 0.6) is 0 Å². The number of anilines is 1. The van der Waals surface area contributed by atoms with Crippen LogP contribution in [0.1, 0.15) is 13.3 Å². The lowest BCUT2D eigenvalue weighted by Crippen LogP contribution is -2.21. The summed E-state index contributed by atoms with van der Waals surface area (Å²) in [6.45, 7) is 3.90. The molecule has 3 N–H and O–H groups in total. The molecule has 0 saturated carbocycles. The minimum Gasteiger partial charge on any atom is -0.377 e. The summed E-state index contributed by atoms with van der Waals surface area (Å²) in [5.74, 6) is 0.584. The van der Waals surface area contributed by atoms with Crippen molar-refractivity contribution in [3.8, 4) is 0 Å². The normalized spacial score (nSPS) is 12.8. The first-order valence-electron chi connectivity index (χ1n) is 4.45. The van der Waals surface area contributed by atoms with Gasteiger partial charge in [0.05, 0.1) is 8.79 Å². The lowest BCUT2D eigenvalue weighted by molar-refractivity contribution is 0.549. The fourth-order valence-corrected chi connectivity index (χ4v) is 2.34. The second-order valence-electron chi connectivity index (χ2n) is 2.99. The van der Waals surface area contributed by atoms with Crippen LogP contribution < -0.4 is 11.1 Å². The van der Waals surface area contributed by atoms with Gasteiger partial charge in [-0.25, -0.2) is 0 Å². The van der Waals surface area contributed by atoms with Crippen LogP contribution in [0.3, 0.4) is 0 Å². The molecule has 0 aliphatic carbocycles. The first-order chi connectivity index (χ1) is 6.26. The summed E-state index contributed by atoms with van der Waals surface area (Å²) >= 11 is 5.14. The molecule has 0 saturated heterocycles. The molecule has 13 heavy (non-hydrogen) atoms. The molecule has 1 heterocycles. The number of nitrogens with one attached hydrogen (secondary N) is 1. The third-order valence-corrected chi connectivity index (χ3v) is 3.63. The molecular weight excluding hydrogens is 248 g/mol. The SMILES string of the molecule is CCC(CN)CNc1ccc(Br)s1. The Morgan fingerprint density at radius 1 is 1.62 bits per heavy atom. The first kappa shape index (κ1) is 11.0. The Hall–Kier alpha value is -0.0600. The summed E-state index contributed by atoms with van der Waals surface area (Å²) < 4.78 is 1.16. The van der Waals surface area contributed by atoms with E-state index in [9.17, 15) is 0 Å². The molecule has 0 bridgehead atoms. The quantitative estimate of drug-likeness (QED) is 0.857. The first-order valence-corrected chi connectivity index (χ1v) is 6.06. The lowest BCUT2D eigenvalue weighted by Gasteiger charge is -2.12. The predicted molar refractivity (Wildman–Crippen MR) is 63.3 cm³/mol. The third-order valence-electron chi connectivity index (χ3n) is 2.05. The molecule has 0 fully saturated rings. The second kappa shape index (κ2) is 5.62. The fourth-order valence-electron chi connectivity index (χ4n) is 1.05. The van der Waals surface area contributed by atoms with Crippen molar-refractivity contribution in [2.24, 2.45) is 11.7 Å². The van der Waals surface area contributed by atoms with Crippen LogP contribution in [-0.4, -0.2) is 13.1 Å². The van der Waals surface area contributed by atoms with Crippen LogP contribution in [-0.2, 0) is 0 Å². The summed E-state index contributed by atoms with van der Waals surface area (Å²) in [7, 11) is 0. The summed E-state index contributed by atoms with van der Waals surface area (Å²) in [5.41, 5.74) is 5.61. The van der Waals surface area contributed by atoms with E-state index >= 15 is 0 Å². The molecule has 0 amide bonds. The van der Waals surface area contributed by atoms with Crippen LogP contribution in [0.15, 0.2) is 15.9 Å². The second-order valence-corrected chi connectivity index (χ2v) is 5.46. The minimum atomic E-state index is 0.584. The van der Waals surface area contributed by atoms with Crippen molar-refractivity contribution in [3.05, 3.63) is 15.9 Å². The van der Waals surface area contributed by atoms with Crippen molar-refractivity contribution in [1.82, 2.24) is 0 Å². The highest BCUT2D eigenvalue weighted by Gasteiger charge is 2.03. The van der Waals surface area contributed by atoms with Crippen molar-refractivity contribution in [2.45, 2.75) is 13.3 Å². The van der Waals surface area contributed by atoms with Gasteiger partial charge in [0.25, 0.3) is 0 Å². The van der Waals surface area contributed by atoms with Gasteiger partial charge in [-0.3, -0.25) is 0 Å². The molecule has 2 nitrogen and oxygen atoms in total. The fraction of sp³-hybridized carbons (Fsp3) is 0.556. The predicted octanol–water partition coefficient (Wildman–Crippen LogP) is 2.91. The zero-order valence-corrected chi connectivity index (χ0v) is 10.1. The summed E-state index contributed by atoms with van der Waals surface area (Å²) in [6.07, 6.45) is 1.13. The Bertz CT molecular complexity index is 246. The summed E-state index contributed by atoms with van der Waals surface area (Å²) in [5, 5.41) is 4.58. The van der Waals surface area contributed by atoms with Crippen LogP contribution in [0.4, 0.5) is 5.00 Å². The van der Waals surface area contributed by atoms with Crippen molar-refractivity contribution >= 4 is 32.3 Å². The van der Waals surface area contributed by atoms with Crippen LogP contribution in [0, 0.1) is 5.92 Å². The van der Waals surface area contributed by atoms with Crippen molar-refractivity contribution in [2.75, 3.05) is 18.4 Å². The van der Waals surface area contributed by atoms with E-state index in [1.807, 2.05) is 0 Å². The Balaban J connectivity index is 2.33. The zero-order valence-electron chi connectivity index (χ0n) is 7.72. The van der Waals surface area contributed by atoms with Gasteiger partial charge in [-0.15, -0.1) is 11.3 Å². The lowest BCUT2D eigenvalue weighted by atomic mass is 10.1. The molecule has 0 radical (unpaired) electrons. The smallest absolute Gasteiger partial charge is 0.0894 e. The molecule has 1 aromatic heterocycles. The Morgan fingerprint density at radius 2 is 2.38 bits per heavy atom. The molecular formula is C9H15BrN2S. The number of hydrogen-bond acceptors (Lipinski definition) is 3. The van der Waals surface area contributed by atoms with Gasteiger partial charge in [0, 0.05) is 6.54 Å². The Morgan fingerprint density at radius 3 is 2.85 bits per heavy atom. The molecule has 1 rings (SSSR count). The van der Waals surface area contributed by atoms with Crippen LogP contribution >= 0.6 is 27.3 Å². The monoisotopic (exact) mass is 262 g/mol. The third kappa shape index (κ3) is 3.67. The zero-order chi connectivity index (χ0) is 9.68. The van der Waals surface area contributed by atoms with E-state index < -0.39 is 0 Å². The topological polar surface area (TPSA) is 38.0 Å². The average Bonchev–Trinajstić information content (AvgIpc) is 2.53. The highest BCUT2D eigenvalue weighted by molar-refractivity contribution is 9.11. The molecule has 1 atom stereocenters. The van der Waals surface area contributed by atoms with Gasteiger partial charge >= 0.3 is 0 Å². The maximum atomic E-state index is 5.61. The molecule has 1 unspecified atom stereocenters. The molecule has 1 aromatic rings. The highest BCUT2D eigenvalue weighted by Crippen LogP contribution is 2.26. The van der Waals surface area contributed by atoms with E-state index in [0.717, 1.165) is 23.3 Å². The van der Waals surface area contributed by atoms with Gasteiger partial charge in [-0.1, -0.05) is 13.3 Å². The largest absolute Gasteiger partial charge is 0.377 e. The molecule has 4 heteroatoms. The standard InChI is InChI=1S/C9H15BrN2S/c1-2-7(5-11)6-12-9-4-3-8(10)13-9/h3-4,7,12H,2,5-6,11H2,1H3. The van der Waals surface area contributed by atoms with Gasteiger partial charge < -0.3 is 11.1 Å². The van der Waals surface area contributed by atoms with Gasteiger partial charge in [-0.2, -0.15) is 0 Å². The van der Waals surface area contributed by atoms with E-state index in [2.05, 4.69) is 40.3 Å². The summed E-state index contributed by atoms with van der Waals surface area (Å²) in [4.78, 5) is 0. The number of rotatable bonds is 5. The van der Waals surface area contributed by atoms with E-state index in [1.54, 1.807) is 11.3 Å². The molecule has 0 aliphatic heterocycles. The molecule has 0 aliphatic rings. The van der Waals surface area contributed by atoms with E-state index in [0.29, 0.717) is 5.92 Å². The van der Waals surface area contributed by atoms with Gasteiger partial charge in [0.2, 0.25) is 0 Å². The van der Waals surface area contributed by atoms with Gasteiger partial charge in [0.1, 0.15) is 0 Å². The van der Waals surface area contributed by atoms with E-state index in [-0.39, 0.29) is 0 Å². The Labute approximate surface area is 91.7 Å². The molecule has 74 valence electrons. The summed E-state index contributed by atoms with van der Waals surface area (Å²) in [6, 6.07) is 4.13. The van der Waals surface area contributed by atoms with Crippen molar-refractivity contribution < 1.29 is 0 Å². The van der Waals surface area contributed by atoms with E-state index in [4.69, 9.17) is 5.73 Å². The maximum Gasteiger partial charge on any atom is 0.0894 e. The molecule has 0 aromatic carbocycles. The van der Waals surface area contributed by atoms with Gasteiger partial charge in [0.15, 0.2) is 0 Å². The number of hydrogen-bond donors (Lipinski definition) is 2. The van der Waals surface area contributed by atoms with Crippen molar-refractivity contribution in [1.29, 1.82) is 0 Å². The van der Waals surface area contributed by atoms with Gasteiger partial charge in [-0.05, 0) is 40.5 Å². The van der Waals surface area contributed by atoms with Crippen LogP contribution in [0.2, 0.25) is 0 Å².